The fourth-order valence-electron chi connectivity index (χ4n) is 2.72. The first-order valence-corrected chi connectivity index (χ1v) is 10.1. The second kappa shape index (κ2) is 8.23. The molecule has 0 fully saturated rings. The average molecular weight is 376 g/mol. The van der Waals surface area contributed by atoms with E-state index < -0.39 is 15.9 Å². The highest BCUT2D eigenvalue weighted by Gasteiger charge is 2.23. The Kier molecular flexibility index (Phi) is 6.26. The number of nitrogens with zero attached hydrogens (tertiary/aromatic N) is 1. The molecule has 0 atom stereocenters. The van der Waals surface area contributed by atoms with Crippen LogP contribution in [0.2, 0.25) is 0 Å². The third-order valence-electron chi connectivity index (χ3n) is 3.81. The predicted molar refractivity (Wildman–Crippen MR) is 104 cm³/mol. The molecule has 0 saturated heterocycles. The van der Waals surface area contributed by atoms with Crippen molar-refractivity contribution < 1.29 is 17.9 Å². The Morgan fingerprint density at radius 2 is 1.73 bits per heavy atom. The summed E-state index contributed by atoms with van der Waals surface area (Å²) >= 11 is 0. The number of ether oxygens (including phenoxy) is 1. The molecule has 2 aromatic carbocycles. The second-order valence-electron chi connectivity index (χ2n) is 6.02. The molecule has 0 bridgehead atoms. The van der Waals surface area contributed by atoms with Crippen LogP contribution in [0.4, 0.5) is 11.4 Å². The Balaban J connectivity index is 2.24. The first-order valence-electron chi connectivity index (χ1n) is 8.29. The molecule has 140 valence electrons. The van der Waals surface area contributed by atoms with Gasteiger partial charge in [-0.3, -0.25) is 9.10 Å². The summed E-state index contributed by atoms with van der Waals surface area (Å²) in [5.41, 5.74) is 2.67. The first kappa shape index (κ1) is 19.8. The van der Waals surface area contributed by atoms with Gasteiger partial charge in [0.1, 0.15) is 12.3 Å². The smallest absolute Gasteiger partial charge is 0.245 e. The number of hydrogen-bond acceptors (Lipinski definition) is 4. The molecule has 0 aliphatic carbocycles. The van der Waals surface area contributed by atoms with Gasteiger partial charge in [-0.15, -0.1) is 0 Å². The molecule has 2 rings (SSSR count). The molecule has 0 aliphatic rings. The van der Waals surface area contributed by atoms with Gasteiger partial charge in [0.25, 0.3) is 0 Å². The second-order valence-corrected chi connectivity index (χ2v) is 7.93. The monoisotopic (exact) mass is 376 g/mol. The molecule has 6 nitrogen and oxygen atoms in total. The summed E-state index contributed by atoms with van der Waals surface area (Å²) in [6.07, 6.45) is 1.10. The maximum atomic E-state index is 12.5. The standard InChI is InChI=1S/C19H24N2O4S/c1-5-25-17-11-7-10-16(12-17)20-18(22)13-21(26(4,23)24)19-14(2)8-6-9-15(19)3/h6-12H,5,13H2,1-4H3,(H,20,22). The van der Waals surface area contributed by atoms with Gasteiger partial charge in [-0.05, 0) is 44.0 Å². The minimum absolute atomic E-state index is 0.302. The van der Waals surface area contributed by atoms with Crippen molar-refractivity contribution in [2.75, 3.05) is 29.0 Å². The van der Waals surface area contributed by atoms with E-state index in [0.29, 0.717) is 23.7 Å². The Morgan fingerprint density at radius 1 is 1.12 bits per heavy atom. The SMILES string of the molecule is CCOc1cccc(NC(=O)CN(c2c(C)cccc2C)S(C)(=O)=O)c1. The van der Waals surface area contributed by atoms with Crippen molar-refractivity contribution in [3.8, 4) is 5.75 Å². The molecule has 1 amide bonds. The molecule has 0 heterocycles. The molecule has 7 heteroatoms. The molecule has 0 aromatic heterocycles. The number of carbonyl (C=O) groups is 1. The summed E-state index contributed by atoms with van der Waals surface area (Å²) < 4.78 is 31.1. The van der Waals surface area contributed by atoms with E-state index in [0.717, 1.165) is 21.7 Å². The van der Waals surface area contributed by atoms with Crippen molar-refractivity contribution in [3.63, 3.8) is 0 Å². The third-order valence-corrected chi connectivity index (χ3v) is 4.92. The van der Waals surface area contributed by atoms with Crippen LogP contribution in [-0.2, 0) is 14.8 Å². The molecular weight excluding hydrogens is 352 g/mol. The van der Waals surface area contributed by atoms with Gasteiger partial charge in [0.05, 0.1) is 18.6 Å². The maximum absolute atomic E-state index is 12.5. The molecule has 2 aromatic rings. The summed E-state index contributed by atoms with van der Waals surface area (Å²) in [6.45, 7) is 5.74. The molecule has 0 spiro atoms. The Bertz CT molecular complexity index is 874. The Morgan fingerprint density at radius 3 is 2.31 bits per heavy atom. The van der Waals surface area contributed by atoms with Crippen molar-refractivity contribution in [2.45, 2.75) is 20.8 Å². The lowest BCUT2D eigenvalue weighted by Gasteiger charge is -2.25. The zero-order valence-electron chi connectivity index (χ0n) is 15.4. The highest BCUT2D eigenvalue weighted by atomic mass is 32.2. The van der Waals surface area contributed by atoms with E-state index in [-0.39, 0.29) is 6.54 Å². The van der Waals surface area contributed by atoms with Crippen LogP contribution in [-0.4, -0.2) is 33.7 Å². The molecule has 0 saturated carbocycles. The van der Waals surface area contributed by atoms with Crippen LogP contribution in [0.3, 0.4) is 0 Å². The molecule has 0 unspecified atom stereocenters. The Labute approximate surface area is 154 Å². The van der Waals surface area contributed by atoms with Gasteiger partial charge in [0.2, 0.25) is 15.9 Å². The average Bonchev–Trinajstić information content (AvgIpc) is 2.53. The summed E-state index contributed by atoms with van der Waals surface area (Å²) in [5.74, 6) is 0.215. The lowest BCUT2D eigenvalue weighted by molar-refractivity contribution is -0.114. The third kappa shape index (κ3) is 4.98. The van der Waals surface area contributed by atoms with Gasteiger partial charge in [-0.2, -0.15) is 0 Å². The van der Waals surface area contributed by atoms with E-state index in [2.05, 4.69) is 5.32 Å². The minimum atomic E-state index is -3.62. The molecule has 0 radical (unpaired) electrons. The van der Waals surface area contributed by atoms with Gasteiger partial charge in [0.15, 0.2) is 0 Å². The number of hydrogen-bond donors (Lipinski definition) is 1. The number of carbonyl (C=O) groups excluding carboxylic acids is 1. The zero-order chi connectivity index (χ0) is 19.3. The van der Waals surface area contributed by atoms with Crippen LogP contribution in [0.25, 0.3) is 0 Å². The van der Waals surface area contributed by atoms with Crippen LogP contribution in [0, 0.1) is 13.8 Å². The quantitative estimate of drug-likeness (QED) is 0.806. The maximum Gasteiger partial charge on any atom is 0.245 e. The number of para-hydroxylation sites is 1. The minimum Gasteiger partial charge on any atom is -0.494 e. The Hall–Kier alpha value is -2.54. The van der Waals surface area contributed by atoms with Crippen LogP contribution in [0.5, 0.6) is 5.75 Å². The van der Waals surface area contributed by atoms with E-state index in [1.807, 2.05) is 39.0 Å². The zero-order valence-corrected chi connectivity index (χ0v) is 16.3. The molecule has 1 N–H and O–H groups in total. The van der Waals surface area contributed by atoms with Crippen LogP contribution < -0.4 is 14.4 Å². The van der Waals surface area contributed by atoms with Crippen molar-refractivity contribution in [2.24, 2.45) is 0 Å². The van der Waals surface area contributed by atoms with Crippen molar-refractivity contribution in [1.82, 2.24) is 0 Å². The fraction of sp³-hybridized carbons (Fsp3) is 0.316. The number of anilines is 2. The number of aryl methyl sites for hydroxylation is 2. The topological polar surface area (TPSA) is 75.7 Å². The van der Waals surface area contributed by atoms with E-state index in [4.69, 9.17) is 4.74 Å². The summed E-state index contributed by atoms with van der Waals surface area (Å²) in [7, 11) is -3.62. The number of rotatable bonds is 7. The number of sulfonamides is 1. The number of nitrogens with one attached hydrogen (secondary N) is 1. The van der Waals surface area contributed by atoms with Crippen molar-refractivity contribution in [3.05, 3.63) is 53.6 Å². The summed E-state index contributed by atoms with van der Waals surface area (Å²) in [6, 6.07) is 12.5. The fourth-order valence-corrected chi connectivity index (χ4v) is 3.69. The van der Waals surface area contributed by atoms with Crippen LogP contribution in [0.15, 0.2) is 42.5 Å². The van der Waals surface area contributed by atoms with E-state index in [9.17, 15) is 13.2 Å². The highest BCUT2D eigenvalue weighted by Crippen LogP contribution is 2.26. The van der Waals surface area contributed by atoms with Crippen LogP contribution in [0.1, 0.15) is 18.1 Å². The number of benzene rings is 2. The van der Waals surface area contributed by atoms with Crippen LogP contribution >= 0.6 is 0 Å². The molecular formula is C19H24N2O4S. The van der Waals surface area contributed by atoms with Gasteiger partial charge < -0.3 is 10.1 Å². The summed E-state index contributed by atoms with van der Waals surface area (Å²) in [4.78, 5) is 12.5. The van der Waals surface area contributed by atoms with Gasteiger partial charge >= 0.3 is 0 Å². The molecule has 26 heavy (non-hydrogen) atoms. The van der Waals surface area contributed by atoms with Gasteiger partial charge in [0, 0.05) is 11.8 Å². The van der Waals surface area contributed by atoms with Crippen molar-refractivity contribution >= 4 is 27.3 Å². The normalized spacial score (nSPS) is 11.1. The van der Waals surface area contributed by atoms with E-state index in [1.165, 1.54) is 0 Å². The largest absolute Gasteiger partial charge is 0.494 e. The lowest BCUT2D eigenvalue weighted by Crippen LogP contribution is -2.38. The predicted octanol–water partition coefficient (Wildman–Crippen LogP) is 3.11. The van der Waals surface area contributed by atoms with Crippen molar-refractivity contribution in [1.29, 1.82) is 0 Å². The van der Waals surface area contributed by atoms with Gasteiger partial charge in [-0.1, -0.05) is 24.3 Å². The van der Waals surface area contributed by atoms with Gasteiger partial charge in [-0.25, -0.2) is 8.42 Å². The first-order chi connectivity index (χ1) is 12.2. The highest BCUT2D eigenvalue weighted by molar-refractivity contribution is 7.92. The molecule has 0 aliphatic heterocycles. The van der Waals surface area contributed by atoms with E-state index in [1.54, 1.807) is 24.3 Å². The van der Waals surface area contributed by atoms with E-state index >= 15 is 0 Å². The number of amides is 1. The summed E-state index contributed by atoms with van der Waals surface area (Å²) in [5, 5.41) is 2.73. The lowest BCUT2D eigenvalue weighted by atomic mass is 10.1.